The van der Waals surface area contributed by atoms with Crippen molar-refractivity contribution in [2.45, 2.75) is 42.6 Å². The summed E-state index contributed by atoms with van der Waals surface area (Å²) in [6, 6.07) is 10.7. The van der Waals surface area contributed by atoms with Crippen molar-refractivity contribution in [1.82, 2.24) is 9.97 Å². The number of hydrogen-bond donors (Lipinski definition) is 2. The minimum Gasteiger partial charge on any atom is -0.382 e. The Labute approximate surface area is 186 Å². The number of rotatable bonds is 6. The molecular formula is C22H24N4O3S2. The van der Waals surface area contributed by atoms with Crippen LogP contribution in [0.3, 0.4) is 0 Å². The molecule has 0 aliphatic carbocycles. The lowest BCUT2D eigenvalue weighted by Crippen LogP contribution is -2.15. The highest BCUT2D eigenvalue weighted by molar-refractivity contribution is 7.99. The molecule has 162 valence electrons. The molecule has 0 aliphatic heterocycles. The van der Waals surface area contributed by atoms with Gasteiger partial charge in [-0.25, -0.2) is 18.4 Å². The minimum atomic E-state index is -3.84. The molecular weight excluding hydrogens is 432 g/mol. The molecule has 3 rings (SSSR count). The van der Waals surface area contributed by atoms with Gasteiger partial charge in [0.2, 0.25) is 15.7 Å². The van der Waals surface area contributed by atoms with Gasteiger partial charge in [0.25, 0.3) is 0 Å². The molecule has 0 saturated carbocycles. The van der Waals surface area contributed by atoms with Gasteiger partial charge in [0.05, 0.1) is 16.8 Å². The van der Waals surface area contributed by atoms with Crippen molar-refractivity contribution in [3.05, 3.63) is 64.8 Å². The van der Waals surface area contributed by atoms with E-state index in [0.29, 0.717) is 0 Å². The molecule has 31 heavy (non-hydrogen) atoms. The molecule has 0 saturated heterocycles. The molecule has 1 heterocycles. The van der Waals surface area contributed by atoms with Crippen molar-refractivity contribution in [1.29, 1.82) is 0 Å². The van der Waals surface area contributed by atoms with Gasteiger partial charge < -0.3 is 11.1 Å². The number of amides is 1. The van der Waals surface area contributed by atoms with Crippen LogP contribution in [0.1, 0.15) is 22.3 Å². The molecule has 3 N–H and O–H groups in total. The third-order valence-corrected chi connectivity index (χ3v) is 7.31. The molecule has 1 aromatic heterocycles. The number of carbonyl (C=O) groups excluding carboxylic acids is 1. The van der Waals surface area contributed by atoms with E-state index in [1.807, 2.05) is 45.9 Å². The van der Waals surface area contributed by atoms with Gasteiger partial charge in [-0.2, -0.15) is 0 Å². The molecule has 0 unspecified atom stereocenters. The number of anilines is 2. The van der Waals surface area contributed by atoms with Gasteiger partial charge in [0, 0.05) is 5.69 Å². The van der Waals surface area contributed by atoms with Crippen molar-refractivity contribution in [2.24, 2.45) is 0 Å². The van der Waals surface area contributed by atoms with Gasteiger partial charge in [-0.15, -0.1) is 0 Å². The predicted octanol–water partition coefficient (Wildman–Crippen LogP) is 3.86. The number of benzene rings is 2. The second kappa shape index (κ2) is 9.07. The number of aromatic nitrogens is 2. The number of sulfone groups is 1. The number of hydrogen-bond acceptors (Lipinski definition) is 7. The van der Waals surface area contributed by atoms with Gasteiger partial charge in [-0.3, -0.25) is 4.79 Å². The number of carbonyl (C=O) groups is 1. The number of nitrogens with two attached hydrogens (primary N) is 1. The summed E-state index contributed by atoms with van der Waals surface area (Å²) in [6.45, 7) is 7.67. The zero-order chi connectivity index (χ0) is 22.8. The first-order valence-corrected chi connectivity index (χ1v) is 12.0. The summed E-state index contributed by atoms with van der Waals surface area (Å²) in [5, 5.41) is 3.06. The smallest absolute Gasteiger partial charge is 0.234 e. The van der Waals surface area contributed by atoms with E-state index in [4.69, 9.17) is 5.73 Å². The van der Waals surface area contributed by atoms with E-state index in [0.717, 1.165) is 39.7 Å². The molecule has 9 heteroatoms. The van der Waals surface area contributed by atoms with Crippen LogP contribution >= 0.6 is 11.8 Å². The maximum absolute atomic E-state index is 12.9. The molecule has 2 aromatic carbocycles. The molecule has 7 nitrogen and oxygen atoms in total. The van der Waals surface area contributed by atoms with Crippen LogP contribution in [0.4, 0.5) is 11.5 Å². The predicted molar refractivity (Wildman–Crippen MR) is 123 cm³/mol. The summed E-state index contributed by atoms with van der Waals surface area (Å²) in [7, 11) is -3.84. The maximum atomic E-state index is 12.9. The van der Waals surface area contributed by atoms with Crippen LogP contribution in [0.2, 0.25) is 0 Å². The molecule has 0 spiro atoms. The topological polar surface area (TPSA) is 115 Å². The fourth-order valence-electron chi connectivity index (χ4n) is 3.03. The van der Waals surface area contributed by atoms with Crippen molar-refractivity contribution < 1.29 is 13.2 Å². The molecule has 0 fully saturated rings. The number of nitrogens with zero attached hydrogens (tertiary/aromatic N) is 2. The van der Waals surface area contributed by atoms with E-state index in [-0.39, 0.29) is 32.4 Å². The molecule has 0 aliphatic rings. The van der Waals surface area contributed by atoms with Crippen LogP contribution in [0.25, 0.3) is 0 Å². The van der Waals surface area contributed by atoms with Crippen LogP contribution in [0.5, 0.6) is 0 Å². The Hall–Kier alpha value is -2.91. The minimum absolute atomic E-state index is 0.0652. The summed E-state index contributed by atoms with van der Waals surface area (Å²) in [5.41, 5.74) is 10.6. The maximum Gasteiger partial charge on any atom is 0.234 e. The van der Waals surface area contributed by atoms with Crippen molar-refractivity contribution in [3.8, 4) is 0 Å². The van der Waals surface area contributed by atoms with Gasteiger partial charge in [0.15, 0.2) is 5.16 Å². The normalized spacial score (nSPS) is 11.4. The second-order valence-corrected chi connectivity index (χ2v) is 10.2. The van der Waals surface area contributed by atoms with E-state index >= 15 is 0 Å². The highest BCUT2D eigenvalue weighted by Crippen LogP contribution is 2.27. The quantitative estimate of drug-likeness (QED) is 0.427. The zero-order valence-electron chi connectivity index (χ0n) is 17.8. The summed E-state index contributed by atoms with van der Waals surface area (Å²) in [4.78, 5) is 20.4. The summed E-state index contributed by atoms with van der Waals surface area (Å²) in [5.74, 6) is -0.301. The highest BCUT2D eigenvalue weighted by atomic mass is 32.2. The monoisotopic (exact) mass is 456 g/mol. The van der Waals surface area contributed by atoms with Crippen LogP contribution < -0.4 is 11.1 Å². The van der Waals surface area contributed by atoms with Crippen LogP contribution in [-0.2, 0) is 14.6 Å². The van der Waals surface area contributed by atoms with E-state index in [1.54, 1.807) is 12.1 Å². The molecule has 1 amide bonds. The van der Waals surface area contributed by atoms with Crippen LogP contribution in [-0.4, -0.2) is 30.0 Å². The summed E-state index contributed by atoms with van der Waals surface area (Å²) >= 11 is 1.08. The Morgan fingerprint density at radius 2 is 1.71 bits per heavy atom. The number of aryl methyl sites for hydroxylation is 4. The zero-order valence-corrected chi connectivity index (χ0v) is 19.4. The Bertz CT molecular complexity index is 1240. The lowest BCUT2D eigenvalue weighted by molar-refractivity contribution is -0.113. The van der Waals surface area contributed by atoms with Crippen molar-refractivity contribution >= 4 is 39.0 Å². The van der Waals surface area contributed by atoms with Gasteiger partial charge in [-0.05, 0) is 74.2 Å². The van der Waals surface area contributed by atoms with Crippen LogP contribution in [0, 0.1) is 27.7 Å². The third kappa shape index (κ3) is 5.42. The van der Waals surface area contributed by atoms with Crippen molar-refractivity contribution in [3.63, 3.8) is 0 Å². The number of thioether (sulfide) groups is 1. The second-order valence-electron chi connectivity index (χ2n) is 7.36. The number of nitrogen functional groups attached to an aromatic ring is 1. The third-order valence-electron chi connectivity index (χ3n) is 4.68. The fraction of sp³-hybridized carbons (Fsp3) is 0.227. The first-order valence-electron chi connectivity index (χ1n) is 9.52. The van der Waals surface area contributed by atoms with Gasteiger partial charge in [-0.1, -0.05) is 23.9 Å². The van der Waals surface area contributed by atoms with E-state index in [1.165, 1.54) is 12.3 Å². The SMILES string of the molecule is Cc1cc(C)cc(NC(=O)CSc2ncc(S(=O)(=O)c3ccc(C)c(C)c3)c(N)n2)c1. The highest BCUT2D eigenvalue weighted by Gasteiger charge is 2.23. The molecule has 0 atom stereocenters. The first kappa shape index (κ1) is 22.8. The Kier molecular flexibility index (Phi) is 6.66. The molecule has 0 radical (unpaired) electrons. The Balaban J connectivity index is 1.71. The van der Waals surface area contributed by atoms with Crippen LogP contribution in [0.15, 0.2) is 57.5 Å². The average Bonchev–Trinajstić information content (AvgIpc) is 2.67. The lowest BCUT2D eigenvalue weighted by Gasteiger charge is -2.10. The van der Waals surface area contributed by atoms with E-state index < -0.39 is 9.84 Å². The van der Waals surface area contributed by atoms with Crippen molar-refractivity contribution in [2.75, 3.05) is 16.8 Å². The fourth-order valence-corrected chi connectivity index (χ4v) is 4.99. The number of nitrogens with one attached hydrogen (secondary N) is 1. The Morgan fingerprint density at radius 1 is 1.03 bits per heavy atom. The van der Waals surface area contributed by atoms with E-state index in [2.05, 4.69) is 15.3 Å². The molecule has 0 bridgehead atoms. The summed E-state index contributed by atoms with van der Waals surface area (Å²) < 4.78 is 25.8. The standard InChI is InChI=1S/C22H24N4O3S2/c1-13-7-14(2)9-17(8-13)25-20(27)12-30-22-24-11-19(21(23)26-22)31(28,29)18-6-5-15(3)16(4)10-18/h5-11H,12H2,1-4H3,(H,25,27)(H2,23,24,26). The van der Waals surface area contributed by atoms with Gasteiger partial charge >= 0.3 is 0 Å². The van der Waals surface area contributed by atoms with E-state index in [9.17, 15) is 13.2 Å². The first-order chi connectivity index (χ1) is 14.6. The molecule has 3 aromatic rings. The average molecular weight is 457 g/mol. The van der Waals surface area contributed by atoms with Gasteiger partial charge in [0.1, 0.15) is 10.7 Å². The summed E-state index contributed by atoms with van der Waals surface area (Å²) in [6.07, 6.45) is 1.19. The lowest BCUT2D eigenvalue weighted by atomic mass is 10.1. The largest absolute Gasteiger partial charge is 0.382 e. The Morgan fingerprint density at radius 3 is 2.32 bits per heavy atom.